The summed E-state index contributed by atoms with van der Waals surface area (Å²) in [4.78, 5) is 24.2. The molecule has 0 heterocycles. The maximum atomic E-state index is 13.8. The molecule has 2 rings (SSSR count). The Morgan fingerprint density at radius 3 is 2.67 bits per heavy atom. The maximum Gasteiger partial charge on any atom is 0.253 e. The van der Waals surface area contributed by atoms with Gasteiger partial charge in [-0.1, -0.05) is 35.9 Å². The molecule has 24 heavy (non-hydrogen) atoms. The molecule has 124 valence electrons. The first kappa shape index (κ1) is 17.7. The summed E-state index contributed by atoms with van der Waals surface area (Å²) in [5.41, 5.74) is 0.910. The number of rotatable bonds is 6. The Kier molecular flexibility index (Phi) is 6.09. The molecule has 0 aromatic heterocycles. The zero-order valence-corrected chi connectivity index (χ0v) is 13.6. The molecule has 0 spiro atoms. The van der Waals surface area contributed by atoms with Gasteiger partial charge in [-0.3, -0.25) is 9.59 Å². The molecule has 0 aliphatic rings. The van der Waals surface area contributed by atoms with Gasteiger partial charge in [0, 0.05) is 11.6 Å². The summed E-state index contributed by atoms with van der Waals surface area (Å²) in [5, 5.41) is 5.54. The third-order valence-corrected chi connectivity index (χ3v) is 3.45. The number of hydrogen-bond acceptors (Lipinski definition) is 2. The largest absolute Gasteiger partial charge is 0.349 e. The second-order valence-electron chi connectivity index (χ2n) is 5.00. The van der Waals surface area contributed by atoms with E-state index in [0.717, 1.165) is 6.07 Å². The van der Waals surface area contributed by atoms with Crippen molar-refractivity contribution in [1.29, 1.82) is 0 Å². The van der Waals surface area contributed by atoms with Crippen molar-refractivity contribution in [2.24, 2.45) is 0 Å². The number of anilines is 1. The Balaban J connectivity index is 2.11. The summed E-state index contributed by atoms with van der Waals surface area (Å²) < 4.78 is 13.8. The predicted octanol–water partition coefficient (Wildman–Crippen LogP) is 3.58. The Labute approximate surface area is 144 Å². The zero-order chi connectivity index (χ0) is 17.5. The Bertz CT molecular complexity index is 777. The van der Waals surface area contributed by atoms with E-state index < -0.39 is 11.7 Å². The highest BCUT2D eigenvalue weighted by molar-refractivity contribution is 6.30. The SMILES string of the molecule is C=CCNC(=O)c1ccccc1NC(=O)Cc1ccc(Cl)cc1F. The number of para-hydroxylation sites is 1. The Hall–Kier alpha value is -2.66. The molecule has 0 unspecified atom stereocenters. The first-order chi connectivity index (χ1) is 11.5. The number of halogens is 2. The van der Waals surface area contributed by atoms with Crippen LogP contribution in [-0.4, -0.2) is 18.4 Å². The van der Waals surface area contributed by atoms with Crippen LogP contribution in [0.25, 0.3) is 0 Å². The fourth-order valence-corrected chi connectivity index (χ4v) is 2.24. The topological polar surface area (TPSA) is 58.2 Å². The number of carbonyl (C=O) groups is 2. The minimum atomic E-state index is -0.547. The zero-order valence-electron chi connectivity index (χ0n) is 12.8. The third-order valence-electron chi connectivity index (χ3n) is 3.22. The lowest BCUT2D eigenvalue weighted by Gasteiger charge is -2.11. The van der Waals surface area contributed by atoms with Crippen molar-refractivity contribution in [2.45, 2.75) is 6.42 Å². The first-order valence-electron chi connectivity index (χ1n) is 7.23. The van der Waals surface area contributed by atoms with Gasteiger partial charge in [-0.15, -0.1) is 6.58 Å². The fourth-order valence-electron chi connectivity index (χ4n) is 2.08. The lowest BCUT2D eigenvalue weighted by Crippen LogP contribution is -2.25. The summed E-state index contributed by atoms with van der Waals surface area (Å²) in [6.45, 7) is 3.85. The summed E-state index contributed by atoms with van der Waals surface area (Å²) in [7, 11) is 0. The molecule has 2 aromatic rings. The van der Waals surface area contributed by atoms with Crippen molar-refractivity contribution in [2.75, 3.05) is 11.9 Å². The minimum absolute atomic E-state index is 0.161. The van der Waals surface area contributed by atoms with Gasteiger partial charge >= 0.3 is 0 Å². The van der Waals surface area contributed by atoms with Gasteiger partial charge < -0.3 is 10.6 Å². The molecular weight excluding hydrogens is 331 g/mol. The second-order valence-corrected chi connectivity index (χ2v) is 5.44. The number of amides is 2. The Morgan fingerprint density at radius 1 is 1.21 bits per heavy atom. The van der Waals surface area contributed by atoms with E-state index in [-0.39, 0.29) is 22.9 Å². The summed E-state index contributed by atoms with van der Waals surface area (Å²) in [5.74, 6) is -1.31. The van der Waals surface area contributed by atoms with E-state index >= 15 is 0 Å². The average Bonchev–Trinajstić information content (AvgIpc) is 2.55. The van der Waals surface area contributed by atoms with Gasteiger partial charge in [0.1, 0.15) is 5.82 Å². The van der Waals surface area contributed by atoms with Gasteiger partial charge in [-0.2, -0.15) is 0 Å². The molecule has 0 aliphatic heterocycles. The minimum Gasteiger partial charge on any atom is -0.349 e. The smallest absolute Gasteiger partial charge is 0.253 e. The lowest BCUT2D eigenvalue weighted by molar-refractivity contribution is -0.115. The number of hydrogen-bond donors (Lipinski definition) is 2. The highest BCUT2D eigenvalue weighted by Gasteiger charge is 2.14. The molecule has 0 saturated carbocycles. The van der Waals surface area contributed by atoms with Crippen LogP contribution in [0.1, 0.15) is 15.9 Å². The molecule has 0 fully saturated rings. The maximum absolute atomic E-state index is 13.8. The van der Waals surface area contributed by atoms with Crippen LogP contribution in [0, 0.1) is 5.82 Å². The summed E-state index contributed by atoms with van der Waals surface area (Å²) in [6, 6.07) is 10.7. The molecule has 2 aromatic carbocycles. The van der Waals surface area contributed by atoms with E-state index in [4.69, 9.17) is 11.6 Å². The van der Waals surface area contributed by atoms with Crippen LogP contribution >= 0.6 is 11.6 Å². The van der Waals surface area contributed by atoms with Crippen molar-refractivity contribution in [3.8, 4) is 0 Å². The van der Waals surface area contributed by atoms with Gasteiger partial charge in [-0.25, -0.2) is 4.39 Å². The monoisotopic (exact) mass is 346 g/mol. The molecule has 6 heteroatoms. The van der Waals surface area contributed by atoms with Crippen LogP contribution in [0.15, 0.2) is 55.1 Å². The normalized spacial score (nSPS) is 10.1. The second kappa shape index (κ2) is 8.26. The predicted molar refractivity (Wildman–Crippen MR) is 92.7 cm³/mol. The average molecular weight is 347 g/mol. The van der Waals surface area contributed by atoms with E-state index in [1.54, 1.807) is 30.3 Å². The molecule has 0 bridgehead atoms. The first-order valence-corrected chi connectivity index (χ1v) is 7.61. The lowest BCUT2D eigenvalue weighted by atomic mass is 10.1. The van der Waals surface area contributed by atoms with Crippen LogP contribution in [0.5, 0.6) is 0 Å². The van der Waals surface area contributed by atoms with Crippen LogP contribution < -0.4 is 10.6 Å². The van der Waals surface area contributed by atoms with E-state index in [9.17, 15) is 14.0 Å². The van der Waals surface area contributed by atoms with Crippen molar-refractivity contribution in [3.05, 3.63) is 77.1 Å². The molecule has 0 radical (unpaired) electrons. The van der Waals surface area contributed by atoms with E-state index in [1.807, 2.05) is 0 Å². The van der Waals surface area contributed by atoms with Crippen molar-refractivity contribution in [3.63, 3.8) is 0 Å². The highest BCUT2D eigenvalue weighted by atomic mass is 35.5. The standard InChI is InChI=1S/C18H16ClFN2O2/c1-2-9-21-18(24)14-5-3-4-6-16(14)22-17(23)10-12-7-8-13(19)11-15(12)20/h2-8,11H,1,9-10H2,(H,21,24)(H,22,23). The van der Waals surface area contributed by atoms with E-state index in [1.165, 1.54) is 12.1 Å². The van der Waals surface area contributed by atoms with Crippen molar-refractivity contribution < 1.29 is 14.0 Å². The molecular formula is C18H16ClFN2O2. The highest BCUT2D eigenvalue weighted by Crippen LogP contribution is 2.18. The molecule has 2 amide bonds. The number of nitrogens with one attached hydrogen (secondary N) is 2. The number of carbonyl (C=O) groups excluding carboxylic acids is 2. The summed E-state index contributed by atoms with van der Waals surface area (Å²) >= 11 is 5.69. The van der Waals surface area contributed by atoms with Gasteiger partial charge in [0.2, 0.25) is 5.91 Å². The summed E-state index contributed by atoms with van der Waals surface area (Å²) in [6.07, 6.45) is 1.40. The van der Waals surface area contributed by atoms with Crippen LogP contribution in [-0.2, 0) is 11.2 Å². The number of benzene rings is 2. The molecule has 0 saturated heterocycles. The van der Waals surface area contributed by atoms with Crippen LogP contribution in [0.3, 0.4) is 0 Å². The Morgan fingerprint density at radius 2 is 1.96 bits per heavy atom. The van der Waals surface area contributed by atoms with Gasteiger partial charge in [0.25, 0.3) is 5.91 Å². The molecule has 0 atom stereocenters. The fraction of sp³-hybridized carbons (Fsp3) is 0.111. The van der Waals surface area contributed by atoms with Crippen molar-refractivity contribution >= 4 is 29.1 Å². The molecule has 4 nitrogen and oxygen atoms in total. The molecule has 2 N–H and O–H groups in total. The quantitative estimate of drug-likeness (QED) is 0.785. The van der Waals surface area contributed by atoms with Gasteiger partial charge in [0.15, 0.2) is 0 Å². The third kappa shape index (κ3) is 4.67. The van der Waals surface area contributed by atoms with Gasteiger partial charge in [-0.05, 0) is 29.8 Å². The van der Waals surface area contributed by atoms with Crippen molar-refractivity contribution in [1.82, 2.24) is 5.32 Å². The van der Waals surface area contributed by atoms with Crippen LogP contribution in [0.4, 0.5) is 10.1 Å². The van der Waals surface area contributed by atoms with Gasteiger partial charge in [0.05, 0.1) is 17.7 Å². The van der Waals surface area contributed by atoms with Crippen LogP contribution in [0.2, 0.25) is 5.02 Å². The molecule has 0 aliphatic carbocycles. The van der Waals surface area contributed by atoms with E-state index in [2.05, 4.69) is 17.2 Å². The van der Waals surface area contributed by atoms with E-state index in [0.29, 0.717) is 17.8 Å².